The van der Waals surface area contributed by atoms with Crippen LogP contribution in [0.5, 0.6) is 0 Å². The van der Waals surface area contributed by atoms with Gasteiger partial charge in [-0.15, -0.1) is 11.3 Å². The largest absolute Gasteiger partial charge is 0.378 e. The summed E-state index contributed by atoms with van der Waals surface area (Å²) in [6.07, 6.45) is 5.84. The SMILES string of the molecule is CCn1cc(C(C)Nc2cccc(-c3nccs3)c2)cn1. The monoisotopic (exact) mass is 298 g/mol. The number of anilines is 1. The fourth-order valence-corrected chi connectivity index (χ4v) is 2.85. The van der Waals surface area contributed by atoms with Crippen LogP contribution < -0.4 is 5.32 Å². The minimum atomic E-state index is 0.219. The first kappa shape index (κ1) is 13.8. The van der Waals surface area contributed by atoms with Crippen molar-refractivity contribution >= 4 is 17.0 Å². The number of benzene rings is 1. The van der Waals surface area contributed by atoms with Crippen LogP contribution in [-0.2, 0) is 6.54 Å². The van der Waals surface area contributed by atoms with E-state index in [1.54, 1.807) is 11.3 Å². The highest BCUT2D eigenvalue weighted by molar-refractivity contribution is 7.13. The summed E-state index contributed by atoms with van der Waals surface area (Å²) in [5, 5.41) is 10.9. The van der Waals surface area contributed by atoms with Crippen LogP contribution in [-0.4, -0.2) is 14.8 Å². The maximum Gasteiger partial charge on any atom is 0.123 e. The van der Waals surface area contributed by atoms with Gasteiger partial charge in [-0.1, -0.05) is 12.1 Å². The summed E-state index contributed by atoms with van der Waals surface area (Å²) < 4.78 is 1.94. The summed E-state index contributed by atoms with van der Waals surface area (Å²) in [6, 6.07) is 8.58. The molecule has 0 aliphatic heterocycles. The van der Waals surface area contributed by atoms with Gasteiger partial charge in [0.2, 0.25) is 0 Å². The molecule has 5 heteroatoms. The van der Waals surface area contributed by atoms with Gasteiger partial charge in [0, 0.05) is 41.1 Å². The second-order valence-electron chi connectivity index (χ2n) is 4.91. The van der Waals surface area contributed by atoms with Crippen LogP contribution >= 0.6 is 11.3 Å². The molecule has 0 saturated carbocycles. The Morgan fingerprint density at radius 1 is 1.38 bits per heavy atom. The fourth-order valence-electron chi connectivity index (χ4n) is 2.22. The molecule has 0 aliphatic rings. The Labute approximate surface area is 128 Å². The van der Waals surface area contributed by atoms with Gasteiger partial charge in [0.05, 0.1) is 12.2 Å². The average Bonchev–Trinajstić information content (AvgIpc) is 3.19. The normalized spacial score (nSPS) is 12.3. The molecular weight excluding hydrogens is 280 g/mol. The number of hydrogen-bond donors (Lipinski definition) is 1. The van der Waals surface area contributed by atoms with Gasteiger partial charge in [0.1, 0.15) is 5.01 Å². The van der Waals surface area contributed by atoms with Crippen LogP contribution in [0.1, 0.15) is 25.5 Å². The minimum Gasteiger partial charge on any atom is -0.378 e. The van der Waals surface area contributed by atoms with Gasteiger partial charge in [-0.2, -0.15) is 5.10 Å². The lowest BCUT2D eigenvalue weighted by atomic mass is 10.1. The third kappa shape index (κ3) is 3.13. The van der Waals surface area contributed by atoms with Crippen molar-refractivity contribution in [1.82, 2.24) is 14.8 Å². The molecule has 0 spiro atoms. The number of thiazole rings is 1. The lowest BCUT2D eigenvalue weighted by Gasteiger charge is -2.14. The van der Waals surface area contributed by atoms with E-state index in [9.17, 15) is 0 Å². The molecular formula is C16H18N4S. The molecule has 2 aromatic heterocycles. The van der Waals surface area contributed by atoms with Crippen molar-refractivity contribution in [2.45, 2.75) is 26.4 Å². The van der Waals surface area contributed by atoms with Gasteiger partial charge >= 0.3 is 0 Å². The quantitative estimate of drug-likeness (QED) is 0.767. The summed E-state index contributed by atoms with van der Waals surface area (Å²) in [7, 11) is 0. The Morgan fingerprint density at radius 2 is 2.29 bits per heavy atom. The van der Waals surface area contributed by atoms with Crippen molar-refractivity contribution in [1.29, 1.82) is 0 Å². The second-order valence-corrected chi connectivity index (χ2v) is 5.81. The molecule has 2 heterocycles. The second kappa shape index (κ2) is 6.10. The Balaban J connectivity index is 1.77. The molecule has 1 atom stereocenters. The van der Waals surface area contributed by atoms with Gasteiger partial charge in [-0.25, -0.2) is 4.98 Å². The molecule has 0 radical (unpaired) electrons. The average molecular weight is 298 g/mol. The Bertz CT molecular complexity index is 703. The van der Waals surface area contributed by atoms with Crippen molar-refractivity contribution in [3.05, 3.63) is 53.8 Å². The molecule has 3 aromatic rings. The van der Waals surface area contributed by atoms with E-state index in [0.717, 1.165) is 22.8 Å². The van der Waals surface area contributed by atoms with Crippen molar-refractivity contribution < 1.29 is 0 Å². The number of nitrogens with one attached hydrogen (secondary N) is 1. The topological polar surface area (TPSA) is 42.7 Å². The smallest absolute Gasteiger partial charge is 0.123 e. The summed E-state index contributed by atoms with van der Waals surface area (Å²) in [5.41, 5.74) is 3.43. The van der Waals surface area contributed by atoms with Gasteiger partial charge in [-0.05, 0) is 26.0 Å². The molecule has 4 nitrogen and oxygen atoms in total. The Kier molecular flexibility index (Phi) is 4.01. The van der Waals surface area contributed by atoms with E-state index in [0.29, 0.717) is 0 Å². The third-order valence-electron chi connectivity index (χ3n) is 3.40. The number of nitrogens with zero attached hydrogens (tertiary/aromatic N) is 3. The third-order valence-corrected chi connectivity index (χ3v) is 4.22. The summed E-state index contributed by atoms with van der Waals surface area (Å²) in [6.45, 7) is 5.13. The summed E-state index contributed by atoms with van der Waals surface area (Å²) in [4.78, 5) is 4.36. The highest BCUT2D eigenvalue weighted by atomic mass is 32.1. The van der Waals surface area contributed by atoms with Crippen molar-refractivity contribution in [3.63, 3.8) is 0 Å². The molecule has 21 heavy (non-hydrogen) atoms. The molecule has 0 saturated heterocycles. The predicted octanol–water partition coefficient (Wildman–Crippen LogP) is 4.20. The predicted molar refractivity (Wildman–Crippen MR) is 87.5 cm³/mol. The molecule has 1 aromatic carbocycles. The van der Waals surface area contributed by atoms with Crippen LogP contribution in [0.15, 0.2) is 48.2 Å². The maximum atomic E-state index is 4.36. The fraction of sp³-hybridized carbons (Fsp3) is 0.250. The first-order valence-corrected chi connectivity index (χ1v) is 7.93. The van der Waals surface area contributed by atoms with Crippen LogP contribution in [0.2, 0.25) is 0 Å². The summed E-state index contributed by atoms with van der Waals surface area (Å²) >= 11 is 1.65. The lowest BCUT2D eigenvalue weighted by molar-refractivity contribution is 0.658. The zero-order chi connectivity index (χ0) is 14.7. The summed E-state index contributed by atoms with van der Waals surface area (Å²) in [5.74, 6) is 0. The number of hydrogen-bond acceptors (Lipinski definition) is 4. The van der Waals surface area contributed by atoms with Gasteiger partial charge in [-0.3, -0.25) is 4.68 Å². The van der Waals surface area contributed by atoms with E-state index in [1.807, 2.05) is 22.5 Å². The Morgan fingerprint density at radius 3 is 3.00 bits per heavy atom. The van der Waals surface area contributed by atoms with Crippen LogP contribution in [0.25, 0.3) is 10.6 Å². The molecule has 3 rings (SSSR count). The molecule has 0 aliphatic carbocycles. The number of rotatable bonds is 5. The first-order valence-electron chi connectivity index (χ1n) is 7.05. The molecule has 0 amide bonds. The lowest BCUT2D eigenvalue weighted by Crippen LogP contribution is -2.05. The molecule has 1 unspecified atom stereocenters. The minimum absolute atomic E-state index is 0.219. The zero-order valence-corrected chi connectivity index (χ0v) is 13.0. The van der Waals surface area contributed by atoms with Gasteiger partial charge in [0.25, 0.3) is 0 Å². The van der Waals surface area contributed by atoms with Crippen LogP contribution in [0.3, 0.4) is 0 Å². The molecule has 1 N–H and O–H groups in total. The van der Waals surface area contributed by atoms with Crippen LogP contribution in [0.4, 0.5) is 5.69 Å². The molecule has 0 bridgehead atoms. The number of aryl methyl sites for hydroxylation is 1. The molecule has 108 valence electrons. The highest BCUT2D eigenvalue weighted by Gasteiger charge is 2.09. The first-order chi connectivity index (χ1) is 10.3. The standard InChI is InChI=1S/C16H18N4S/c1-3-20-11-14(10-18-20)12(2)19-15-6-4-5-13(9-15)16-17-7-8-21-16/h4-12,19H,3H2,1-2H3. The Hall–Kier alpha value is -2.14. The number of aromatic nitrogens is 3. The van der Waals surface area contributed by atoms with Gasteiger partial charge in [0.15, 0.2) is 0 Å². The van der Waals surface area contributed by atoms with E-state index in [2.05, 4.69) is 59.7 Å². The maximum absolute atomic E-state index is 4.36. The van der Waals surface area contributed by atoms with Crippen molar-refractivity contribution in [2.75, 3.05) is 5.32 Å². The van der Waals surface area contributed by atoms with E-state index >= 15 is 0 Å². The van der Waals surface area contributed by atoms with Crippen molar-refractivity contribution in [3.8, 4) is 10.6 Å². The zero-order valence-electron chi connectivity index (χ0n) is 12.2. The van der Waals surface area contributed by atoms with E-state index < -0.39 is 0 Å². The van der Waals surface area contributed by atoms with E-state index in [4.69, 9.17) is 0 Å². The van der Waals surface area contributed by atoms with Crippen LogP contribution in [0, 0.1) is 0 Å². The molecule has 0 fully saturated rings. The van der Waals surface area contributed by atoms with Gasteiger partial charge < -0.3 is 5.32 Å². The van der Waals surface area contributed by atoms with Crippen molar-refractivity contribution in [2.24, 2.45) is 0 Å². The highest BCUT2D eigenvalue weighted by Crippen LogP contribution is 2.26. The van der Waals surface area contributed by atoms with E-state index in [1.165, 1.54) is 5.56 Å². The van der Waals surface area contributed by atoms with E-state index in [-0.39, 0.29) is 6.04 Å².